The average Bonchev–Trinajstić information content (AvgIpc) is 2.74. The molecule has 3 amide bonds. The zero-order chi connectivity index (χ0) is 17.7. The van der Waals surface area contributed by atoms with Crippen LogP contribution >= 0.6 is 27.7 Å². The predicted octanol–water partition coefficient (Wildman–Crippen LogP) is 3.65. The van der Waals surface area contributed by atoms with Crippen molar-refractivity contribution < 1.29 is 14.4 Å². The zero-order valence-electron chi connectivity index (χ0n) is 13.5. The first kappa shape index (κ1) is 18.7. The first-order valence-corrected chi connectivity index (χ1v) is 9.25. The molecule has 0 bridgehead atoms. The van der Waals surface area contributed by atoms with E-state index in [1.54, 1.807) is 6.08 Å². The molecule has 1 aliphatic heterocycles. The van der Waals surface area contributed by atoms with Crippen LogP contribution in [0.5, 0.6) is 0 Å². The van der Waals surface area contributed by atoms with Crippen molar-refractivity contribution in [1.29, 1.82) is 0 Å². The maximum Gasteiger partial charge on any atom is 0.293 e. The molecular formula is C17H19BrN2O3S. The standard InChI is InChI=1S/C17H19BrN2O3S/c1-11(2)8-15(21)19-6-7-20-16(22)14(24-17(20)23)10-12-4-3-5-13(18)9-12/h3-5,9-11H,6-8H2,1-2H3,(H,19,21)/b14-10-. The highest BCUT2D eigenvalue weighted by Crippen LogP contribution is 2.32. The van der Waals surface area contributed by atoms with Crippen LogP contribution in [0.25, 0.3) is 6.08 Å². The van der Waals surface area contributed by atoms with E-state index < -0.39 is 0 Å². The van der Waals surface area contributed by atoms with Gasteiger partial charge in [-0.15, -0.1) is 0 Å². The van der Waals surface area contributed by atoms with Crippen LogP contribution in [0.4, 0.5) is 4.79 Å². The van der Waals surface area contributed by atoms with Gasteiger partial charge in [-0.2, -0.15) is 0 Å². The number of hydrogen-bond acceptors (Lipinski definition) is 4. The first-order chi connectivity index (χ1) is 11.4. The molecule has 0 spiro atoms. The summed E-state index contributed by atoms with van der Waals surface area (Å²) in [6.45, 7) is 4.38. The Morgan fingerprint density at radius 1 is 1.38 bits per heavy atom. The average molecular weight is 411 g/mol. The minimum atomic E-state index is -0.317. The van der Waals surface area contributed by atoms with Gasteiger partial charge in [0.1, 0.15) is 0 Å². The summed E-state index contributed by atoms with van der Waals surface area (Å²) in [5, 5.41) is 2.43. The summed E-state index contributed by atoms with van der Waals surface area (Å²) < 4.78 is 0.906. The molecule has 1 fully saturated rings. The van der Waals surface area contributed by atoms with Gasteiger partial charge in [-0.3, -0.25) is 19.3 Å². The second-order valence-corrected chi connectivity index (χ2v) is 7.75. The van der Waals surface area contributed by atoms with Gasteiger partial charge in [-0.05, 0) is 41.5 Å². The summed E-state index contributed by atoms with van der Waals surface area (Å²) in [7, 11) is 0. The normalized spacial score (nSPS) is 16.3. The van der Waals surface area contributed by atoms with E-state index in [0.29, 0.717) is 11.3 Å². The van der Waals surface area contributed by atoms with Crippen molar-refractivity contribution >= 4 is 50.8 Å². The minimum absolute atomic E-state index is 0.0679. The Morgan fingerprint density at radius 3 is 2.79 bits per heavy atom. The van der Waals surface area contributed by atoms with Gasteiger partial charge in [0.25, 0.3) is 11.1 Å². The number of hydrogen-bond donors (Lipinski definition) is 1. The Labute approximate surface area is 154 Å². The highest BCUT2D eigenvalue weighted by Gasteiger charge is 2.34. The fourth-order valence-corrected chi connectivity index (χ4v) is 3.47. The number of nitrogens with zero attached hydrogens (tertiary/aromatic N) is 1. The number of rotatable bonds is 6. The first-order valence-electron chi connectivity index (χ1n) is 7.64. The van der Waals surface area contributed by atoms with Gasteiger partial charge in [0.15, 0.2) is 0 Å². The topological polar surface area (TPSA) is 66.5 Å². The van der Waals surface area contributed by atoms with E-state index in [0.717, 1.165) is 21.8 Å². The van der Waals surface area contributed by atoms with Crippen molar-refractivity contribution in [2.45, 2.75) is 20.3 Å². The molecule has 24 heavy (non-hydrogen) atoms. The Balaban J connectivity index is 1.95. The SMILES string of the molecule is CC(C)CC(=O)NCCN1C(=O)S/C(=C\c2cccc(Br)c2)C1=O. The van der Waals surface area contributed by atoms with Gasteiger partial charge < -0.3 is 5.32 Å². The molecule has 1 aliphatic rings. The zero-order valence-corrected chi connectivity index (χ0v) is 15.9. The van der Waals surface area contributed by atoms with Crippen LogP contribution in [0, 0.1) is 5.92 Å². The fraction of sp³-hybridized carbons (Fsp3) is 0.353. The van der Waals surface area contributed by atoms with E-state index in [2.05, 4.69) is 21.2 Å². The summed E-state index contributed by atoms with van der Waals surface area (Å²) in [4.78, 5) is 37.5. The van der Waals surface area contributed by atoms with Crippen molar-refractivity contribution in [1.82, 2.24) is 10.2 Å². The van der Waals surface area contributed by atoms with Gasteiger partial charge >= 0.3 is 0 Å². The van der Waals surface area contributed by atoms with Crippen LogP contribution in [0.2, 0.25) is 0 Å². The molecule has 0 aromatic heterocycles. The number of halogens is 1. The molecule has 128 valence electrons. The van der Waals surface area contributed by atoms with Crippen LogP contribution in [-0.2, 0) is 9.59 Å². The molecule has 0 saturated carbocycles. The van der Waals surface area contributed by atoms with Crippen LogP contribution in [-0.4, -0.2) is 35.0 Å². The van der Waals surface area contributed by atoms with E-state index in [1.807, 2.05) is 38.1 Å². The Bertz CT molecular complexity index is 688. The molecule has 5 nitrogen and oxygen atoms in total. The van der Waals surface area contributed by atoms with E-state index >= 15 is 0 Å². The van der Waals surface area contributed by atoms with Crippen molar-refractivity contribution in [2.24, 2.45) is 5.92 Å². The van der Waals surface area contributed by atoms with Gasteiger partial charge in [0, 0.05) is 24.0 Å². The lowest BCUT2D eigenvalue weighted by Gasteiger charge is -2.13. The summed E-state index contributed by atoms with van der Waals surface area (Å²) in [6, 6.07) is 7.50. The largest absolute Gasteiger partial charge is 0.354 e. The Kier molecular flexibility index (Phi) is 6.62. The molecule has 0 radical (unpaired) electrons. The quantitative estimate of drug-likeness (QED) is 0.726. The molecule has 0 aliphatic carbocycles. The third-order valence-corrected chi connectivity index (χ3v) is 4.67. The number of nitrogens with one attached hydrogen (secondary N) is 1. The molecule has 0 unspecified atom stereocenters. The predicted molar refractivity (Wildman–Crippen MR) is 99.3 cm³/mol. The highest BCUT2D eigenvalue weighted by molar-refractivity contribution is 9.10. The van der Waals surface area contributed by atoms with E-state index in [1.165, 1.54) is 4.90 Å². The maximum absolute atomic E-state index is 12.4. The summed E-state index contributed by atoms with van der Waals surface area (Å²) in [5.41, 5.74) is 0.847. The number of amides is 3. The highest BCUT2D eigenvalue weighted by atomic mass is 79.9. The van der Waals surface area contributed by atoms with Crippen LogP contribution in [0.1, 0.15) is 25.8 Å². The third-order valence-electron chi connectivity index (χ3n) is 3.27. The third kappa shape index (κ3) is 5.21. The van der Waals surface area contributed by atoms with E-state index in [9.17, 15) is 14.4 Å². The molecule has 7 heteroatoms. The van der Waals surface area contributed by atoms with Crippen molar-refractivity contribution in [3.8, 4) is 0 Å². The van der Waals surface area contributed by atoms with E-state index in [-0.39, 0.29) is 36.1 Å². The molecule has 0 atom stereocenters. The second kappa shape index (κ2) is 8.48. The molecule has 2 rings (SSSR count). The Morgan fingerprint density at radius 2 is 2.12 bits per heavy atom. The maximum atomic E-state index is 12.4. The van der Waals surface area contributed by atoms with Gasteiger partial charge in [0.05, 0.1) is 4.91 Å². The molecular weight excluding hydrogens is 392 g/mol. The van der Waals surface area contributed by atoms with Crippen molar-refractivity contribution in [2.75, 3.05) is 13.1 Å². The molecule has 1 aromatic rings. The molecule has 1 saturated heterocycles. The van der Waals surface area contributed by atoms with Crippen LogP contribution in [0.3, 0.4) is 0 Å². The minimum Gasteiger partial charge on any atom is -0.354 e. The van der Waals surface area contributed by atoms with Gasteiger partial charge in [0.2, 0.25) is 5.91 Å². The van der Waals surface area contributed by atoms with Crippen LogP contribution in [0.15, 0.2) is 33.6 Å². The van der Waals surface area contributed by atoms with E-state index in [4.69, 9.17) is 0 Å². The number of benzene rings is 1. The lowest BCUT2D eigenvalue weighted by atomic mass is 10.1. The number of imide groups is 1. The second-order valence-electron chi connectivity index (χ2n) is 5.84. The molecule has 1 N–H and O–H groups in total. The molecule has 1 aromatic carbocycles. The number of thioether (sulfide) groups is 1. The monoisotopic (exact) mass is 410 g/mol. The number of carbonyl (C=O) groups excluding carboxylic acids is 3. The lowest BCUT2D eigenvalue weighted by Crippen LogP contribution is -2.37. The summed E-state index contributed by atoms with van der Waals surface area (Å²) >= 11 is 4.30. The van der Waals surface area contributed by atoms with Gasteiger partial charge in [-0.1, -0.05) is 41.9 Å². The van der Waals surface area contributed by atoms with Crippen molar-refractivity contribution in [3.63, 3.8) is 0 Å². The smallest absolute Gasteiger partial charge is 0.293 e. The summed E-state index contributed by atoms with van der Waals surface area (Å²) in [5.74, 6) is -0.111. The summed E-state index contributed by atoms with van der Waals surface area (Å²) in [6.07, 6.45) is 2.14. The van der Waals surface area contributed by atoms with Crippen molar-refractivity contribution in [3.05, 3.63) is 39.2 Å². The molecule has 1 heterocycles. The lowest BCUT2D eigenvalue weighted by molar-refractivity contribution is -0.124. The van der Waals surface area contributed by atoms with Gasteiger partial charge in [-0.25, -0.2) is 0 Å². The Hall–Kier alpha value is -1.60. The fourth-order valence-electron chi connectivity index (χ4n) is 2.19. The number of carbonyl (C=O) groups is 3. The van der Waals surface area contributed by atoms with Crippen LogP contribution < -0.4 is 5.32 Å².